The lowest BCUT2D eigenvalue weighted by Gasteiger charge is -2.17. The molecular formula is C16H17ClO2. The first-order valence-corrected chi connectivity index (χ1v) is 6.52. The van der Waals surface area contributed by atoms with Gasteiger partial charge >= 0.3 is 0 Å². The lowest BCUT2D eigenvalue weighted by molar-refractivity contribution is 0.386. The van der Waals surface area contributed by atoms with Crippen LogP contribution in [0.2, 0.25) is 0 Å². The fourth-order valence-electron chi connectivity index (χ4n) is 2.03. The van der Waals surface area contributed by atoms with Crippen molar-refractivity contribution in [3.05, 3.63) is 59.2 Å². The van der Waals surface area contributed by atoms with E-state index in [0.717, 1.165) is 22.6 Å². The van der Waals surface area contributed by atoms with E-state index in [4.69, 9.17) is 21.1 Å². The summed E-state index contributed by atoms with van der Waals surface area (Å²) in [6, 6.07) is 13.8. The molecule has 2 nitrogen and oxygen atoms in total. The van der Waals surface area contributed by atoms with Crippen LogP contribution in [-0.2, 0) is 0 Å². The Morgan fingerprint density at radius 2 is 1.42 bits per heavy atom. The Kier molecular flexibility index (Phi) is 4.33. The van der Waals surface area contributed by atoms with E-state index in [0.29, 0.717) is 0 Å². The third-order valence-electron chi connectivity index (χ3n) is 3.09. The van der Waals surface area contributed by atoms with Crippen molar-refractivity contribution in [3.8, 4) is 11.5 Å². The molecule has 0 saturated carbocycles. The second-order valence-corrected chi connectivity index (χ2v) is 4.79. The lowest BCUT2D eigenvalue weighted by atomic mass is 10.0. The van der Waals surface area contributed by atoms with Gasteiger partial charge in [-0.1, -0.05) is 35.9 Å². The van der Waals surface area contributed by atoms with E-state index in [2.05, 4.69) is 6.92 Å². The Balaban J connectivity index is 2.47. The first kappa shape index (κ1) is 13.8. The Morgan fingerprint density at radius 3 is 1.89 bits per heavy atom. The molecule has 0 radical (unpaired) electrons. The number of ether oxygens (including phenoxy) is 2. The van der Waals surface area contributed by atoms with Crippen LogP contribution in [0.5, 0.6) is 11.5 Å². The van der Waals surface area contributed by atoms with Gasteiger partial charge in [0.05, 0.1) is 25.2 Å². The van der Waals surface area contributed by atoms with Crippen molar-refractivity contribution in [2.24, 2.45) is 0 Å². The molecule has 100 valence electrons. The molecule has 1 unspecified atom stereocenters. The van der Waals surface area contributed by atoms with E-state index in [-0.39, 0.29) is 5.38 Å². The van der Waals surface area contributed by atoms with Gasteiger partial charge in [0.1, 0.15) is 11.5 Å². The average Bonchev–Trinajstić information content (AvgIpc) is 2.46. The number of benzene rings is 2. The molecule has 0 aromatic heterocycles. The monoisotopic (exact) mass is 276 g/mol. The molecule has 0 aliphatic heterocycles. The van der Waals surface area contributed by atoms with Crippen molar-refractivity contribution in [1.82, 2.24) is 0 Å². The zero-order valence-electron chi connectivity index (χ0n) is 11.3. The summed E-state index contributed by atoms with van der Waals surface area (Å²) in [7, 11) is 3.27. The maximum absolute atomic E-state index is 6.59. The smallest absolute Gasteiger partial charge is 0.127 e. The summed E-state index contributed by atoms with van der Waals surface area (Å²) >= 11 is 6.59. The highest BCUT2D eigenvalue weighted by Crippen LogP contribution is 2.40. The summed E-state index contributed by atoms with van der Waals surface area (Å²) in [6.07, 6.45) is 0. The molecule has 0 aliphatic carbocycles. The molecule has 3 heteroatoms. The first-order chi connectivity index (χ1) is 9.17. The van der Waals surface area contributed by atoms with Crippen LogP contribution in [0.15, 0.2) is 42.5 Å². The molecule has 1 atom stereocenters. The molecule has 2 rings (SSSR count). The van der Waals surface area contributed by atoms with Gasteiger partial charge in [-0.05, 0) is 24.6 Å². The van der Waals surface area contributed by atoms with Gasteiger partial charge in [0.2, 0.25) is 0 Å². The van der Waals surface area contributed by atoms with Gasteiger partial charge in [-0.3, -0.25) is 0 Å². The predicted octanol–water partition coefficient (Wildman–Crippen LogP) is 4.34. The van der Waals surface area contributed by atoms with Crippen molar-refractivity contribution in [3.63, 3.8) is 0 Å². The summed E-state index contributed by atoms with van der Waals surface area (Å²) in [5, 5.41) is -0.299. The van der Waals surface area contributed by atoms with Crippen LogP contribution in [-0.4, -0.2) is 14.2 Å². The van der Waals surface area contributed by atoms with Crippen molar-refractivity contribution in [1.29, 1.82) is 0 Å². The third kappa shape index (κ3) is 2.85. The number of hydrogen-bond donors (Lipinski definition) is 0. The molecule has 0 saturated heterocycles. The van der Waals surface area contributed by atoms with E-state index in [1.807, 2.05) is 42.5 Å². The van der Waals surface area contributed by atoms with Gasteiger partial charge in [-0.25, -0.2) is 0 Å². The van der Waals surface area contributed by atoms with Gasteiger partial charge in [0.15, 0.2) is 0 Å². The number of methoxy groups -OCH3 is 2. The standard InChI is InChI=1S/C16H17ClO2/c1-11-7-9-12(10-8-11)16(17)15-13(18-2)5-4-6-14(15)19-3/h4-10,16H,1-3H3. The number of hydrogen-bond acceptors (Lipinski definition) is 2. The highest BCUT2D eigenvalue weighted by atomic mass is 35.5. The minimum Gasteiger partial charge on any atom is -0.496 e. The van der Waals surface area contributed by atoms with E-state index in [1.165, 1.54) is 5.56 Å². The Bertz CT molecular complexity index is 527. The van der Waals surface area contributed by atoms with Crippen molar-refractivity contribution >= 4 is 11.6 Å². The highest BCUT2D eigenvalue weighted by molar-refractivity contribution is 6.23. The topological polar surface area (TPSA) is 18.5 Å². The number of rotatable bonds is 4. The Labute approximate surface area is 118 Å². The molecule has 0 heterocycles. The van der Waals surface area contributed by atoms with Crippen LogP contribution >= 0.6 is 11.6 Å². The van der Waals surface area contributed by atoms with Gasteiger partial charge in [-0.15, -0.1) is 11.6 Å². The lowest BCUT2D eigenvalue weighted by Crippen LogP contribution is -2.01. The number of alkyl halides is 1. The van der Waals surface area contributed by atoms with Crippen LogP contribution in [0.4, 0.5) is 0 Å². The molecule has 19 heavy (non-hydrogen) atoms. The number of halogens is 1. The molecule has 2 aromatic carbocycles. The summed E-state index contributed by atoms with van der Waals surface area (Å²) < 4.78 is 10.8. The predicted molar refractivity (Wildman–Crippen MR) is 78.4 cm³/mol. The average molecular weight is 277 g/mol. The molecule has 0 amide bonds. The van der Waals surface area contributed by atoms with Gasteiger partial charge in [0, 0.05) is 0 Å². The minimum absolute atomic E-state index is 0.299. The van der Waals surface area contributed by atoms with Gasteiger partial charge in [-0.2, -0.15) is 0 Å². The first-order valence-electron chi connectivity index (χ1n) is 6.09. The number of aryl methyl sites for hydroxylation is 1. The van der Waals surface area contributed by atoms with E-state index in [1.54, 1.807) is 14.2 Å². The maximum atomic E-state index is 6.59. The highest BCUT2D eigenvalue weighted by Gasteiger charge is 2.20. The van der Waals surface area contributed by atoms with Crippen molar-refractivity contribution < 1.29 is 9.47 Å². The largest absolute Gasteiger partial charge is 0.496 e. The van der Waals surface area contributed by atoms with Gasteiger partial charge < -0.3 is 9.47 Å². The molecule has 0 spiro atoms. The van der Waals surface area contributed by atoms with Crippen LogP contribution in [0.25, 0.3) is 0 Å². The molecule has 0 aliphatic rings. The van der Waals surface area contributed by atoms with Crippen molar-refractivity contribution in [2.45, 2.75) is 12.3 Å². The molecule has 0 N–H and O–H groups in total. The molecule has 2 aromatic rings. The summed E-state index contributed by atoms with van der Waals surface area (Å²) in [5.41, 5.74) is 3.09. The maximum Gasteiger partial charge on any atom is 0.127 e. The van der Waals surface area contributed by atoms with Crippen molar-refractivity contribution in [2.75, 3.05) is 14.2 Å². The van der Waals surface area contributed by atoms with Crippen LogP contribution in [0.1, 0.15) is 22.1 Å². The Morgan fingerprint density at radius 1 is 0.895 bits per heavy atom. The fraction of sp³-hybridized carbons (Fsp3) is 0.250. The fourth-order valence-corrected chi connectivity index (χ4v) is 2.39. The van der Waals surface area contributed by atoms with Crippen LogP contribution in [0, 0.1) is 6.92 Å². The summed E-state index contributed by atoms with van der Waals surface area (Å²) in [4.78, 5) is 0. The third-order valence-corrected chi connectivity index (χ3v) is 3.56. The second kappa shape index (κ2) is 5.98. The minimum atomic E-state index is -0.299. The zero-order valence-corrected chi connectivity index (χ0v) is 12.1. The van der Waals surface area contributed by atoms with Crippen LogP contribution in [0.3, 0.4) is 0 Å². The second-order valence-electron chi connectivity index (χ2n) is 4.35. The van der Waals surface area contributed by atoms with E-state index < -0.39 is 0 Å². The van der Waals surface area contributed by atoms with Gasteiger partial charge in [0.25, 0.3) is 0 Å². The Hall–Kier alpha value is -1.67. The molecule has 0 fully saturated rings. The van der Waals surface area contributed by atoms with E-state index >= 15 is 0 Å². The van der Waals surface area contributed by atoms with E-state index in [9.17, 15) is 0 Å². The molecular weight excluding hydrogens is 260 g/mol. The summed E-state index contributed by atoms with van der Waals surface area (Å²) in [5.74, 6) is 1.47. The molecule has 0 bridgehead atoms. The quantitative estimate of drug-likeness (QED) is 0.774. The summed E-state index contributed by atoms with van der Waals surface area (Å²) in [6.45, 7) is 2.05. The SMILES string of the molecule is COc1cccc(OC)c1C(Cl)c1ccc(C)cc1. The normalized spacial score (nSPS) is 12.0. The zero-order chi connectivity index (χ0) is 13.8. The van der Waals surface area contributed by atoms with Crippen LogP contribution < -0.4 is 9.47 Å².